The van der Waals surface area contributed by atoms with E-state index in [9.17, 15) is 10.1 Å². The van der Waals surface area contributed by atoms with Gasteiger partial charge in [0.15, 0.2) is 0 Å². The van der Waals surface area contributed by atoms with Crippen molar-refractivity contribution in [3.8, 4) is 6.07 Å². The van der Waals surface area contributed by atoms with E-state index in [4.69, 9.17) is 0 Å². The minimum atomic E-state index is -0.0844. The molecule has 0 atom stereocenters. The van der Waals surface area contributed by atoms with Crippen molar-refractivity contribution in [2.24, 2.45) is 0 Å². The van der Waals surface area contributed by atoms with Gasteiger partial charge < -0.3 is 5.32 Å². The molecule has 0 bridgehead atoms. The number of nitrogens with zero attached hydrogens (tertiary/aromatic N) is 3. The summed E-state index contributed by atoms with van der Waals surface area (Å²) in [5.74, 6) is -0.0844. The lowest BCUT2D eigenvalue weighted by molar-refractivity contribution is -0.117. The molecule has 0 aliphatic carbocycles. The zero-order valence-corrected chi connectivity index (χ0v) is 17.4. The van der Waals surface area contributed by atoms with Crippen LogP contribution in [0, 0.1) is 11.3 Å². The molecule has 0 spiro atoms. The number of carbonyl (C=O) groups is 1. The van der Waals surface area contributed by atoms with Gasteiger partial charge in [0.2, 0.25) is 5.91 Å². The first-order chi connectivity index (χ1) is 15.2. The number of para-hydroxylation sites is 1. The van der Waals surface area contributed by atoms with Gasteiger partial charge in [0.25, 0.3) is 0 Å². The van der Waals surface area contributed by atoms with Gasteiger partial charge in [-0.15, -0.1) is 0 Å². The zero-order chi connectivity index (χ0) is 21.5. The summed E-state index contributed by atoms with van der Waals surface area (Å²) in [4.78, 5) is 17.2. The maximum Gasteiger partial charge on any atom is 0.238 e. The Morgan fingerprint density at radius 3 is 1.97 bits per heavy atom. The highest BCUT2D eigenvalue weighted by Gasteiger charge is 2.27. The Bertz CT molecular complexity index is 998. The molecular weight excluding hydrogens is 384 g/mol. The third-order valence-electron chi connectivity index (χ3n) is 5.69. The topological polar surface area (TPSA) is 59.4 Å². The number of rotatable bonds is 6. The summed E-state index contributed by atoms with van der Waals surface area (Å²) in [6, 6.07) is 30.6. The molecule has 0 saturated carbocycles. The number of nitriles is 1. The van der Waals surface area contributed by atoms with Gasteiger partial charge in [0.05, 0.1) is 23.8 Å². The Balaban J connectivity index is 1.39. The quantitative estimate of drug-likeness (QED) is 0.670. The van der Waals surface area contributed by atoms with Crippen LogP contribution in [0.5, 0.6) is 0 Å². The van der Waals surface area contributed by atoms with E-state index in [-0.39, 0.29) is 11.9 Å². The van der Waals surface area contributed by atoms with Crippen LogP contribution in [0.3, 0.4) is 0 Å². The van der Waals surface area contributed by atoms with Gasteiger partial charge in [0, 0.05) is 26.2 Å². The van der Waals surface area contributed by atoms with Crippen molar-refractivity contribution in [2.75, 3.05) is 38.0 Å². The molecule has 0 unspecified atom stereocenters. The minimum Gasteiger partial charge on any atom is -0.324 e. The highest BCUT2D eigenvalue weighted by Crippen LogP contribution is 2.29. The second-order valence-electron chi connectivity index (χ2n) is 7.74. The first-order valence-electron chi connectivity index (χ1n) is 10.6. The molecule has 1 N–H and O–H groups in total. The van der Waals surface area contributed by atoms with Gasteiger partial charge in [-0.25, -0.2) is 0 Å². The van der Waals surface area contributed by atoms with E-state index in [1.54, 1.807) is 18.2 Å². The van der Waals surface area contributed by atoms with Crippen LogP contribution in [0.25, 0.3) is 0 Å². The third kappa shape index (κ3) is 5.18. The number of amides is 1. The van der Waals surface area contributed by atoms with Crippen molar-refractivity contribution in [3.05, 3.63) is 102 Å². The summed E-state index contributed by atoms with van der Waals surface area (Å²) in [5.41, 5.74) is 3.62. The summed E-state index contributed by atoms with van der Waals surface area (Å²) in [5, 5.41) is 12.1. The molecular formula is C26H26N4O. The standard InChI is InChI=1S/C26H26N4O/c27-19-23-13-7-8-14-24(23)28-25(31)20-29-15-17-30(18-16-29)26(21-9-3-1-4-10-21)22-11-5-2-6-12-22/h1-14,26H,15-18,20H2,(H,28,31). The number of hydrogen-bond donors (Lipinski definition) is 1. The van der Waals surface area contributed by atoms with Crippen LogP contribution in [0.4, 0.5) is 5.69 Å². The van der Waals surface area contributed by atoms with Crippen molar-refractivity contribution in [2.45, 2.75) is 6.04 Å². The molecule has 1 fully saturated rings. The van der Waals surface area contributed by atoms with Gasteiger partial charge in [0.1, 0.15) is 6.07 Å². The Kier molecular flexibility index (Phi) is 6.73. The van der Waals surface area contributed by atoms with Crippen LogP contribution >= 0.6 is 0 Å². The largest absolute Gasteiger partial charge is 0.324 e. The summed E-state index contributed by atoms with van der Waals surface area (Å²) < 4.78 is 0. The molecule has 0 radical (unpaired) electrons. The van der Waals surface area contributed by atoms with Crippen LogP contribution < -0.4 is 5.32 Å². The zero-order valence-electron chi connectivity index (χ0n) is 17.4. The van der Waals surface area contributed by atoms with Crippen molar-refractivity contribution >= 4 is 11.6 Å². The predicted molar refractivity (Wildman–Crippen MR) is 123 cm³/mol. The SMILES string of the molecule is N#Cc1ccccc1NC(=O)CN1CCN(C(c2ccccc2)c2ccccc2)CC1. The first kappa shape index (κ1) is 20.8. The van der Waals surface area contributed by atoms with Crippen molar-refractivity contribution < 1.29 is 4.79 Å². The average Bonchev–Trinajstić information content (AvgIpc) is 2.82. The number of nitrogens with one attached hydrogen (secondary N) is 1. The van der Waals surface area contributed by atoms with E-state index in [1.807, 2.05) is 18.2 Å². The highest BCUT2D eigenvalue weighted by molar-refractivity contribution is 5.93. The van der Waals surface area contributed by atoms with Crippen molar-refractivity contribution in [3.63, 3.8) is 0 Å². The lowest BCUT2D eigenvalue weighted by Gasteiger charge is -2.39. The molecule has 0 aromatic heterocycles. The van der Waals surface area contributed by atoms with E-state index in [0.29, 0.717) is 17.8 Å². The maximum absolute atomic E-state index is 12.5. The lowest BCUT2D eigenvalue weighted by atomic mass is 9.96. The molecule has 5 heteroatoms. The smallest absolute Gasteiger partial charge is 0.238 e. The maximum atomic E-state index is 12.5. The number of carbonyl (C=O) groups excluding carboxylic acids is 1. The van der Waals surface area contributed by atoms with Crippen LogP contribution in [0.15, 0.2) is 84.9 Å². The number of piperazine rings is 1. The van der Waals surface area contributed by atoms with Gasteiger partial charge in [-0.3, -0.25) is 14.6 Å². The molecule has 1 heterocycles. The molecule has 5 nitrogen and oxygen atoms in total. The Hall–Kier alpha value is -3.46. The van der Waals surface area contributed by atoms with E-state index in [1.165, 1.54) is 11.1 Å². The van der Waals surface area contributed by atoms with E-state index < -0.39 is 0 Å². The molecule has 4 rings (SSSR count). The molecule has 3 aromatic carbocycles. The Labute approximate surface area is 183 Å². The number of benzene rings is 3. The van der Waals surface area contributed by atoms with Crippen LogP contribution in [-0.2, 0) is 4.79 Å². The van der Waals surface area contributed by atoms with Gasteiger partial charge in [-0.2, -0.15) is 5.26 Å². The van der Waals surface area contributed by atoms with Crippen LogP contribution in [0.2, 0.25) is 0 Å². The summed E-state index contributed by atoms with van der Waals surface area (Å²) in [6.07, 6.45) is 0. The van der Waals surface area contributed by atoms with Crippen LogP contribution in [-0.4, -0.2) is 48.4 Å². The fourth-order valence-electron chi connectivity index (χ4n) is 4.15. The summed E-state index contributed by atoms with van der Waals surface area (Å²) in [6.45, 7) is 3.74. The van der Waals surface area contributed by atoms with Crippen molar-refractivity contribution in [1.29, 1.82) is 5.26 Å². The Morgan fingerprint density at radius 1 is 0.839 bits per heavy atom. The third-order valence-corrected chi connectivity index (χ3v) is 5.69. The molecule has 1 saturated heterocycles. The molecule has 31 heavy (non-hydrogen) atoms. The van der Waals surface area contributed by atoms with E-state index >= 15 is 0 Å². The minimum absolute atomic E-state index is 0.0844. The molecule has 1 aliphatic heterocycles. The predicted octanol–water partition coefficient (Wildman–Crippen LogP) is 3.90. The molecule has 1 aliphatic rings. The number of anilines is 1. The van der Waals surface area contributed by atoms with E-state index in [2.05, 4.69) is 69.7 Å². The summed E-state index contributed by atoms with van der Waals surface area (Å²) >= 11 is 0. The molecule has 156 valence electrons. The van der Waals surface area contributed by atoms with E-state index in [0.717, 1.165) is 26.2 Å². The van der Waals surface area contributed by atoms with Gasteiger partial charge >= 0.3 is 0 Å². The Morgan fingerprint density at radius 2 is 1.39 bits per heavy atom. The normalized spacial score (nSPS) is 14.8. The van der Waals surface area contributed by atoms with Crippen LogP contribution in [0.1, 0.15) is 22.7 Å². The molecule has 1 amide bonds. The fourth-order valence-corrected chi connectivity index (χ4v) is 4.15. The monoisotopic (exact) mass is 410 g/mol. The molecule has 3 aromatic rings. The van der Waals surface area contributed by atoms with Gasteiger partial charge in [-0.05, 0) is 23.3 Å². The average molecular weight is 411 g/mol. The highest BCUT2D eigenvalue weighted by atomic mass is 16.2. The number of hydrogen-bond acceptors (Lipinski definition) is 4. The van der Waals surface area contributed by atoms with Crippen molar-refractivity contribution in [1.82, 2.24) is 9.80 Å². The first-order valence-corrected chi connectivity index (χ1v) is 10.6. The van der Waals surface area contributed by atoms with Gasteiger partial charge in [-0.1, -0.05) is 72.8 Å². The second kappa shape index (κ2) is 10.0. The second-order valence-corrected chi connectivity index (χ2v) is 7.74. The summed E-state index contributed by atoms with van der Waals surface area (Å²) in [7, 11) is 0. The lowest BCUT2D eigenvalue weighted by Crippen LogP contribution is -2.49. The fraction of sp³-hybridized carbons (Fsp3) is 0.231.